The number of hydrogen-bond acceptors (Lipinski definition) is 3. The van der Waals surface area contributed by atoms with E-state index in [2.05, 4.69) is 0 Å². The standard InChI is InChI=1S/C9H18O3/c1-2-11-8-4-3-5-9(8)12-7-6-10/h8-10H,2-7H2,1H3. The zero-order valence-electron chi connectivity index (χ0n) is 7.66. The molecule has 2 atom stereocenters. The van der Waals surface area contributed by atoms with Gasteiger partial charge < -0.3 is 14.6 Å². The van der Waals surface area contributed by atoms with E-state index in [1.165, 1.54) is 6.42 Å². The summed E-state index contributed by atoms with van der Waals surface area (Å²) < 4.78 is 10.9. The van der Waals surface area contributed by atoms with Crippen LogP contribution in [0, 0.1) is 0 Å². The SMILES string of the molecule is CCOC1CCCC1OCCO. The first-order valence-corrected chi connectivity index (χ1v) is 4.72. The van der Waals surface area contributed by atoms with Gasteiger partial charge in [0.25, 0.3) is 0 Å². The van der Waals surface area contributed by atoms with Gasteiger partial charge in [0, 0.05) is 6.61 Å². The van der Waals surface area contributed by atoms with Crippen molar-refractivity contribution in [1.82, 2.24) is 0 Å². The van der Waals surface area contributed by atoms with Crippen LogP contribution in [0.15, 0.2) is 0 Å². The Bertz CT molecular complexity index is 116. The maximum atomic E-state index is 8.58. The summed E-state index contributed by atoms with van der Waals surface area (Å²) in [4.78, 5) is 0. The molecule has 3 nitrogen and oxygen atoms in total. The molecule has 12 heavy (non-hydrogen) atoms. The summed E-state index contributed by atoms with van der Waals surface area (Å²) in [5, 5.41) is 8.58. The Morgan fingerprint density at radius 1 is 1.25 bits per heavy atom. The molecule has 1 rings (SSSR count). The number of aliphatic hydroxyl groups excluding tert-OH is 1. The zero-order chi connectivity index (χ0) is 8.81. The minimum absolute atomic E-state index is 0.106. The molecule has 0 aromatic heterocycles. The molecule has 1 saturated carbocycles. The third-order valence-electron chi connectivity index (χ3n) is 2.20. The molecule has 0 aliphatic heterocycles. The van der Waals surface area contributed by atoms with Crippen LogP contribution in [0.4, 0.5) is 0 Å². The minimum Gasteiger partial charge on any atom is -0.394 e. The van der Waals surface area contributed by atoms with Crippen molar-refractivity contribution in [2.24, 2.45) is 0 Å². The van der Waals surface area contributed by atoms with Crippen molar-refractivity contribution in [2.75, 3.05) is 19.8 Å². The lowest BCUT2D eigenvalue weighted by Crippen LogP contribution is -2.27. The van der Waals surface area contributed by atoms with Crippen LogP contribution in [0.5, 0.6) is 0 Å². The molecule has 3 heteroatoms. The molecule has 1 aliphatic rings. The lowest BCUT2D eigenvalue weighted by atomic mass is 10.2. The van der Waals surface area contributed by atoms with Crippen molar-refractivity contribution in [3.05, 3.63) is 0 Å². The van der Waals surface area contributed by atoms with Gasteiger partial charge in [-0.1, -0.05) is 0 Å². The molecular formula is C9H18O3. The number of ether oxygens (including phenoxy) is 2. The van der Waals surface area contributed by atoms with Crippen molar-refractivity contribution in [3.8, 4) is 0 Å². The normalized spacial score (nSPS) is 29.5. The van der Waals surface area contributed by atoms with Gasteiger partial charge in [0.2, 0.25) is 0 Å². The highest BCUT2D eigenvalue weighted by atomic mass is 16.5. The molecular weight excluding hydrogens is 156 g/mol. The van der Waals surface area contributed by atoms with Crippen molar-refractivity contribution in [1.29, 1.82) is 0 Å². The third-order valence-corrected chi connectivity index (χ3v) is 2.20. The van der Waals surface area contributed by atoms with Crippen molar-refractivity contribution >= 4 is 0 Å². The first kappa shape index (κ1) is 9.96. The van der Waals surface area contributed by atoms with E-state index >= 15 is 0 Å². The summed E-state index contributed by atoms with van der Waals surface area (Å²) in [5.74, 6) is 0. The third kappa shape index (κ3) is 2.73. The van der Waals surface area contributed by atoms with Crippen LogP contribution >= 0.6 is 0 Å². The summed E-state index contributed by atoms with van der Waals surface area (Å²) in [7, 11) is 0. The smallest absolute Gasteiger partial charge is 0.0837 e. The monoisotopic (exact) mass is 174 g/mol. The van der Waals surface area contributed by atoms with E-state index in [1.54, 1.807) is 0 Å². The fraction of sp³-hybridized carbons (Fsp3) is 1.00. The average Bonchev–Trinajstić information content (AvgIpc) is 2.50. The van der Waals surface area contributed by atoms with Crippen LogP contribution in [-0.2, 0) is 9.47 Å². The number of hydrogen-bond donors (Lipinski definition) is 1. The topological polar surface area (TPSA) is 38.7 Å². The van der Waals surface area contributed by atoms with Crippen molar-refractivity contribution < 1.29 is 14.6 Å². The van der Waals surface area contributed by atoms with E-state index in [0.29, 0.717) is 6.61 Å². The first-order chi connectivity index (χ1) is 5.88. The molecule has 0 amide bonds. The van der Waals surface area contributed by atoms with Crippen LogP contribution in [0.2, 0.25) is 0 Å². The van der Waals surface area contributed by atoms with Gasteiger partial charge in [-0.3, -0.25) is 0 Å². The van der Waals surface area contributed by atoms with Gasteiger partial charge in [-0.05, 0) is 26.2 Å². The zero-order valence-corrected chi connectivity index (χ0v) is 7.66. The molecule has 0 heterocycles. The summed E-state index contributed by atoms with van der Waals surface area (Å²) in [6.45, 7) is 3.30. The van der Waals surface area contributed by atoms with E-state index in [4.69, 9.17) is 14.6 Å². The van der Waals surface area contributed by atoms with E-state index in [-0.39, 0.29) is 18.8 Å². The molecule has 0 aromatic carbocycles. The summed E-state index contributed by atoms with van der Waals surface area (Å²) in [6.07, 6.45) is 3.84. The summed E-state index contributed by atoms with van der Waals surface area (Å²) in [5.41, 5.74) is 0. The highest BCUT2D eigenvalue weighted by molar-refractivity contribution is 4.78. The molecule has 0 aromatic rings. The molecule has 0 bridgehead atoms. The van der Waals surface area contributed by atoms with Crippen molar-refractivity contribution in [3.63, 3.8) is 0 Å². The van der Waals surface area contributed by atoms with E-state index in [0.717, 1.165) is 19.4 Å². The van der Waals surface area contributed by atoms with Gasteiger partial charge in [0.05, 0.1) is 25.4 Å². The molecule has 0 spiro atoms. The molecule has 2 unspecified atom stereocenters. The van der Waals surface area contributed by atoms with Gasteiger partial charge in [-0.2, -0.15) is 0 Å². The summed E-state index contributed by atoms with van der Waals surface area (Å²) >= 11 is 0. The minimum atomic E-state index is 0.106. The molecule has 0 radical (unpaired) electrons. The lowest BCUT2D eigenvalue weighted by molar-refractivity contribution is -0.0599. The van der Waals surface area contributed by atoms with Crippen LogP contribution in [0.3, 0.4) is 0 Å². The van der Waals surface area contributed by atoms with Gasteiger partial charge >= 0.3 is 0 Å². The Morgan fingerprint density at radius 3 is 2.50 bits per heavy atom. The highest BCUT2D eigenvalue weighted by Gasteiger charge is 2.27. The quantitative estimate of drug-likeness (QED) is 0.674. The van der Waals surface area contributed by atoms with E-state index in [9.17, 15) is 0 Å². The summed E-state index contributed by atoms with van der Waals surface area (Å²) in [6, 6.07) is 0. The van der Waals surface area contributed by atoms with Crippen LogP contribution in [0.25, 0.3) is 0 Å². The molecule has 1 N–H and O–H groups in total. The van der Waals surface area contributed by atoms with E-state index in [1.807, 2.05) is 6.92 Å². The number of rotatable bonds is 5. The predicted molar refractivity (Wildman–Crippen MR) is 46.1 cm³/mol. The lowest BCUT2D eigenvalue weighted by Gasteiger charge is -2.19. The Balaban J connectivity index is 2.20. The number of aliphatic hydroxyl groups is 1. The first-order valence-electron chi connectivity index (χ1n) is 4.72. The molecule has 72 valence electrons. The fourth-order valence-electron chi connectivity index (χ4n) is 1.69. The molecule has 1 aliphatic carbocycles. The van der Waals surface area contributed by atoms with Crippen LogP contribution in [0.1, 0.15) is 26.2 Å². The average molecular weight is 174 g/mol. The second-order valence-corrected chi connectivity index (χ2v) is 3.06. The van der Waals surface area contributed by atoms with Gasteiger partial charge in [0.15, 0.2) is 0 Å². The Kier molecular flexibility index (Phi) is 4.58. The van der Waals surface area contributed by atoms with Crippen LogP contribution in [-0.4, -0.2) is 37.1 Å². The molecule has 0 saturated heterocycles. The highest BCUT2D eigenvalue weighted by Crippen LogP contribution is 2.24. The second-order valence-electron chi connectivity index (χ2n) is 3.06. The maximum absolute atomic E-state index is 8.58. The van der Waals surface area contributed by atoms with Crippen LogP contribution < -0.4 is 0 Å². The predicted octanol–water partition coefficient (Wildman–Crippen LogP) is 0.953. The second kappa shape index (κ2) is 5.51. The maximum Gasteiger partial charge on any atom is 0.0837 e. The fourth-order valence-corrected chi connectivity index (χ4v) is 1.69. The van der Waals surface area contributed by atoms with Crippen molar-refractivity contribution in [2.45, 2.75) is 38.4 Å². The molecule has 1 fully saturated rings. The van der Waals surface area contributed by atoms with Gasteiger partial charge in [-0.15, -0.1) is 0 Å². The Labute approximate surface area is 73.7 Å². The van der Waals surface area contributed by atoms with Gasteiger partial charge in [0.1, 0.15) is 0 Å². The Hall–Kier alpha value is -0.120. The largest absolute Gasteiger partial charge is 0.394 e. The van der Waals surface area contributed by atoms with Gasteiger partial charge in [-0.25, -0.2) is 0 Å². The van der Waals surface area contributed by atoms with E-state index < -0.39 is 0 Å². The Morgan fingerprint density at radius 2 is 1.92 bits per heavy atom.